The van der Waals surface area contributed by atoms with Gasteiger partial charge in [0, 0.05) is 6.61 Å². The molecule has 0 aliphatic rings. The van der Waals surface area contributed by atoms with E-state index in [0.29, 0.717) is 6.61 Å². The van der Waals surface area contributed by atoms with Crippen molar-refractivity contribution in [3.63, 3.8) is 0 Å². The second kappa shape index (κ2) is 7.62. The van der Waals surface area contributed by atoms with E-state index in [9.17, 15) is 8.42 Å². The molecule has 0 radical (unpaired) electrons. The number of aryl methyl sites for hydroxylation is 1. The Morgan fingerprint density at radius 1 is 1.21 bits per heavy atom. The summed E-state index contributed by atoms with van der Waals surface area (Å²) in [6.45, 7) is 6.59. The van der Waals surface area contributed by atoms with Crippen LogP contribution in [-0.4, -0.2) is 27.7 Å². The van der Waals surface area contributed by atoms with Gasteiger partial charge in [-0.2, -0.15) is 8.42 Å². The second-order valence-electron chi connectivity index (χ2n) is 4.60. The molecule has 0 fully saturated rings. The van der Waals surface area contributed by atoms with E-state index in [2.05, 4.69) is 6.92 Å². The summed E-state index contributed by atoms with van der Waals surface area (Å²) in [5.41, 5.74) is 1.01. The highest BCUT2D eigenvalue weighted by atomic mass is 32.2. The molecule has 0 bridgehead atoms. The fourth-order valence-electron chi connectivity index (χ4n) is 1.50. The first-order valence-corrected chi connectivity index (χ1v) is 7.94. The summed E-state index contributed by atoms with van der Waals surface area (Å²) < 4.78 is 34.4. The largest absolute Gasteiger partial charge is 0.379 e. The van der Waals surface area contributed by atoms with Crippen LogP contribution in [0.2, 0.25) is 0 Å². The normalized spacial score (nSPS) is 13.4. The van der Waals surface area contributed by atoms with Crippen LogP contribution in [0.25, 0.3) is 0 Å². The molecule has 108 valence electrons. The third kappa shape index (κ3) is 5.72. The maximum atomic E-state index is 12.0. The van der Waals surface area contributed by atoms with Crippen LogP contribution in [0.15, 0.2) is 29.2 Å². The Labute approximate surface area is 115 Å². The highest BCUT2D eigenvalue weighted by Crippen LogP contribution is 2.15. The average Bonchev–Trinajstić information content (AvgIpc) is 2.34. The van der Waals surface area contributed by atoms with E-state index < -0.39 is 16.2 Å². The van der Waals surface area contributed by atoms with Crippen LogP contribution >= 0.6 is 0 Å². The molecule has 0 unspecified atom stereocenters. The van der Waals surface area contributed by atoms with Crippen molar-refractivity contribution >= 4 is 10.1 Å². The smallest absolute Gasteiger partial charge is 0.297 e. The monoisotopic (exact) mass is 286 g/mol. The molecule has 5 heteroatoms. The summed E-state index contributed by atoms with van der Waals surface area (Å²) in [4.78, 5) is 0.179. The Bertz CT molecular complexity index is 465. The molecule has 0 N–H and O–H groups in total. The van der Waals surface area contributed by atoms with Gasteiger partial charge >= 0.3 is 0 Å². The third-order valence-electron chi connectivity index (χ3n) is 2.60. The zero-order valence-corrected chi connectivity index (χ0v) is 12.6. The molecule has 4 nitrogen and oxygen atoms in total. The van der Waals surface area contributed by atoms with Crippen molar-refractivity contribution in [2.24, 2.45) is 0 Å². The summed E-state index contributed by atoms with van der Waals surface area (Å²) in [5.74, 6) is 0. The molecule has 1 atom stereocenters. The molecule has 0 saturated heterocycles. The topological polar surface area (TPSA) is 52.6 Å². The Morgan fingerprint density at radius 2 is 1.84 bits per heavy atom. The predicted molar refractivity (Wildman–Crippen MR) is 74.6 cm³/mol. The second-order valence-corrected chi connectivity index (χ2v) is 6.17. The van der Waals surface area contributed by atoms with Gasteiger partial charge in [-0.05, 0) is 32.4 Å². The van der Waals surface area contributed by atoms with Crippen LogP contribution in [0.4, 0.5) is 0 Å². The van der Waals surface area contributed by atoms with E-state index in [1.165, 1.54) is 0 Å². The number of unbranched alkanes of at least 4 members (excludes halogenated alkanes) is 1. The van der Waals surface area contributed by atoms with Gasteiger partial charge in [0.25, 0.3) is 10.1 Å². The van der Waals surface area contributed by atoms with Crippen LogP contribution in [0.5, 0.6) is 0 Å². The quantitative estimate of drug-likeness (QED) is 0.544. The van der Waals surface area contributed by atoms with Gasteiger partial charge in [0.05, 0.1) is 17.6 Å². The van der Waals surface area contributed by atoms with Gasteiger partial charge in [0.15, 0.2) is 0 Å². The van der Waals surface area contributed by atoms with Crippen molar-refractivity contribution in [1.29, 1.82) is 0 Å². The Kier molecular flexibility index (Phi) is 6.48. The number of rotatable bonds is 8. The third-order valence-corrected chi connectivity index (χ3v) is 4.03. The minimum absolute atomic E-state index is 0.179. The van der Waals surface area contributed by atoms with Crippen molar-refractivity contribution < 1.29 is 17.3 Å². The number of benzene rings is 1. The molecule has 1 aromatic rings. The van der Waals surface area contributed by atoms with E-state index in [0.717, 1.165) is 18.4 Å². The zero-order valence-electron chi connectivity index (χ0n) is 11.8. The first kappa shape index (κ1) is 16.1. The molecule has 0 aliphatic carbocycles. The molecule has 0 aromatic heterocycles. The molecule has 0 saturated carbocycles. The lowest BCUT2D eigenvalue weighted by Gasteiger charge is -2.13. The van der Waals surface area contributed by atoms with Crippen LogP contribution < -0.4 is 0 Å². The van der Waals surface area contributed by atoms with Crippen molar-refractivity contribution in [2.45, 2.75) is 44.6 Å². The lowest BCUT2D eigenvalue weighted by molar-refractivity contribution is 0.0602. The number of ether oxygens (including phenoxy) is 1. The highest BCUT2D eigenvalue weighted by Gasteiger charge is 2.18. The fraction of sp³-hybridized carbons (Fsp3) is 0.571. The van der Waals surface area contributed by atoms with E-state index in [-0.39, 0.29) is 11.5 Å². The van der Waals surface area contributed by atoms with E-state index in [1.54, 1.807) is 31.2 Å². The minimum atomic E-state index is -3.70. The van der Waals surface area contributed by atoms with E-state index >= 15 is 0 Å². The zero-order chi connectivity index (χ0) is 14.3. The number of hydrogen-bond donors (Lipinski definition) is 0. The van der Waals surface area contributed by atoms with Crippen LogP contribution in [0, 0.1) is 6.92 Å². The first-order valence-electron chi connectivity index (χ1n) is 6.53. The van der Waals surface area contributed by atoms with Crippen LogP contribution in [0.1, 0.15) is 32.3 Å². The first-order chi connectivity index (χ1) is 8.95. The summed E-state index contributed by atoms with van der Waals surface area (Å²) in [7, 11) is -3.70. The molecule has 0 amide bonds. The molecule has 1 aromatic carbocycles. The maximum Gasteiger partial charge on any atom is 0.297 e. The molecular weight excluding hydrogens is 264 g/mol. The fourth-order valence-corrected chi connectivity index (χ4v) is 2.57. The van der Waals surface area contributed by atoms with Crippen LogP contribution in [-0.2, 0) is 19.0 Å². The Morgan fingerprint density at radius 3 is 2.42 bits per heavy atom. The van der Waals surface area contributed by atoms with Gasteiger partial charge in [-0.25, -0.2) is 0 Å². The van der Waals surface area contributed by atoms with Gasteiger partial charge < -0.3 is 4.74 Å². The van der Waals surface area contributed by atoms with Gasteiger partial charge in [-0.15, -0.1) is 0 Å². The minimum Gasteiger partial charge on any atom is -0.379 e. The molecule has 0 heterocycles. The molecular formula is C14H22O4S. The van der Waals surface area contributed by atoms with Crippen molar-refractivity contribution in [3.05, 3.63) is 29.8 Å². The summed E-state index contributed by atoms with van der Waals surface area (Å²) in [6, 6.07) is 6.60. The maximum absolute atomic E-state index is 12.0. The molecule has 0 aliphatic heterocycles. The number of hydrogen-bond acceptors (Lipinski definition) is 4. The molecule has 1 rings (SSSR count). The van der Waals surface area contributed by atoms with Gasteiger partial charge in [-0.3, -0.25) is 4.18 Å². The Hall–Kier alpha value is -0.910. The lowest BCUT2D eigenvalue weighted by Crippen LogP contribution is -2.21. The van der Waals surface area contributed by atoms with Gasteiger partial charge in [-0.1, -0.05) is 31.0 Å². The SMILES string of the molecule is CCCCOC[C@H](C)OS(=O)(=O)c1ccc(C)cc1. The van der Waals surface area contributed by atoms with Gasteiger partial charge in [0.1, 0.15) is 0 Å². The standard InChI is InChI=1S/C14H22O4S/c1-4-5-10-17-11-13(3)18-19(15,16)14-8-6-12(2)7-9-14/h6-9,13H,4-5,10-11H2,1-3H3/t13-/m0/s1. The van der Waals surface area contributed by atoms with Crippen molar-refractivity contribution in [1.82, 2.24) is 0 Å². The molecule has 0 spiro atoms. The average molecular weight is 286 g/mol. The summed E-state index contributed by atoms with van der Waals surface area (Å²) >= 11 is 0. The molecule has 19 heavy (non-hydrogen) atoms. The van der Waals surface area contributed by atoms with Crippen molar-refractivity contribution in [3.8, 4) is 0 Å². The lowest BCUT2D eigenvalue weighted by atomic mass is 10.2. The predicted octanol–water partition coefficient (Wildman–Crippen LogP) is 2.91. The van der Waals surface area contributed by atoms with Crippen molar-refractivity contribution in [2.75, 3.05) is 13.2 Å². The Balaban J connectivity index is 2.52. The van der Waals surface area contributed by atoms with E-state index in [1.807, 2.05) is 6.92 Å². The summed E-state index contributed by atoms with van der Waals surface area (Å²) in [6.07, 6.45) is 1.54. The van der Waals surface area contributed by atoms with E-state index in [4.69, 9.17) is 8.92 Å². The summed E-state index contributed by atoms with van der Waals surface area (Å²) in [5, 5.41) is 0. The van der Waals surface area contributed by atoms with Gasteiger partial charge in [0.2, 0.25) is 0 Å². The highest BCUT2D eigenvalue weighted by molar-refractivity contribution is 7.86. The van der Waals surface area contributed by atoms with Crippen LogP contribution in [0.3, 0.4) is 0 Å².